The van der Waals surface area contributed by atoms with Crippen LogP contribution < -0.4 is 0 Å². The lowest BCUT2D eigenvalue weighted by atomic mass is 10.1. The quantitative estimate of drug-likeness (QED) is 0.756. The molecule has 14 heavy (non-hydrogen) atoms. The minimum Gasteiger partial charge on any atom is -0.481 e. The fourth-order valence-electron chi connectivity index (χ4n) is 1.87. The van der Waals surface area contributed by atoms with Crippen LogP contribution in [0.15, 0.2) is 5.38 Å². The Morgan fingerprint density at radius 2 is 2.21 bits per heavy atom. The average molecular weight is 210 g/mol. The lowest BCUT2D eigenvalue weighted by molar-refractivity contribution is -0.141. The number of Topliss-reactive ketones (excluding diaryl/α,β-unsaturated/α-hetero) is 1. The molecular weight excluding hydrogens is 200 g/mol. The zero-order valence-corrected chi connectivity index (χ0v) is 8.56. The summed E-state index contributed by atoms with van der Waals surface area (Å²) in [4.78, 5) is 22.7. The van der Waals surface area contributed by atoms with Gasteiger partial charge in [-0.1, -0.05) is 0 Å². The van der Waals surface area contributed by atoms with E-state index in [2.05, 4.69) is 0 Å². The molecule has 1 heterocycles. The van der Waals surface area contributed by atoms with Gasteiger partial charge in [0, 0.05) is 0 Å². The molecule has 1 unspecified atom stereocenters. The zero-order chi connectivity index (χ0) is 10.3. The molecule has 3 nitrogen and oxygen atoms in total. The van der Waals surface area contributed by atoms with E-state index in [0.717, 1.165) is 16.0 Å². The van der Waals surface area contributed by atoms with E-state index in [-0.39, 0.29) is 11.7 Å². The Bertz CT molecular complexity index is 405. The maximum atomic E-state index is 11.2. The second kappa shape index (κ2) is 3.20. The fourth-order valence-corrected chi connectivity index (χ4v) is 2.89. The van der Waals surface area contributed by atoms with E-state index < -0.39 is 5.97 Å². The van der Waals surface area contributed by atoms with Crippen LogP contribution in [-0.4, -0.2) is 16.9 Å². The van der Waals surface area contributed by atoms with Gasteiger partial charge in [0.05, 0.1) is 10.8 Å². The lowest BCUT2D eigenvalue weighted by Crippen LogP contribution is -2.13. The highest BCUT2D eigenvalue weighted by Crippen LogP contribution is 2.34. The predicted octanol–water partition coefficient (Wildman–Crippen LogP) is 1.75. The van der Waals surface area contributed by atoms with E-state index in [1.807, 2.05) is 5.38 Å². The molecule has 4 heteroatoms. The van der Waals surface area contributed by atoms with E-state index in [0.29, 0.717) is 12.8 Å². The van der Waals surface area contributed by atoms with E-state index in [1.54, 1.807) is 0 Å². The van der Waals surface area contributed by atoms with Crippen LogP contribution in [0.1, 0.15) is 27.7 Å². The molecule has 1 aromatic heterocycles. The number of fused-ring (bicyclic) bond motifs is 1. The minimum absolute atomic E-state index is 0.0438. The number of carbonyl (C=O) groups is 2. The van der Waals surface area contributed by atoms with Crippen molar-refractivity contribution in [3.05, 3.63) is 21.4 Å². The van der Waals surface area contributed by atoms with Gasteiger partial charge in [0.2, 0.25) is 0 Å². The maximum absolute atomic E-state index is 11.2. The fraction of sp³-hybridized carbons (Fsp3) is 0.400. The Balaban J connectivity index is 2.32. The molecule has 0 amide bonds. The molecule has 0 fully saturated rings. The summed E-state index contributed by atoms with van der Waals surface area (Å²) in [7, 11) is 0. The Hall–Kier alpha value is -1.16. The molecule has 0 radical (unpaired) electrons. The molecule has 2 rings (SSSR count). The van der Waals surface area contributed by atoms with Crippen LogP contribution in [0, 0.1) is 5.92 Å². The first-order valence-corrected chi connectivity index (χ1v) is 5.30. The highest BCUT2D eigenvalue weighted by atomic mass is 32.1. The first-order chi connectivity index (χ1) is 6.59. The van der Waals surface area contributed by atoms with Gasteiger partial charge < -0.3 is 5.11 Å². The van der Waals surface area contributed by atoms with Crippen molar-refractivity contribution in [1.82, 2.24) is 0 Å². The first kappa shape index (κ1) is 9.40. The summed E-state index contributed by atoms with van der Waals surface area (Å²) in [6.07, 6.45) is 1.09. The van der Waals surface area contributed by atoms with Crippen LogP contribution in [0.2, 0.25) is 0 Å². The maximum Gasteiger partial charge on any atom is 0.307 e. The van der Waals surface area contributed by atoms with Crippen LogP contribution in [-0.2, 0) is 17.6 Å². The highest BCUT2D eigenvalue weighted by Gasteiger charge is 2.30. The van der Waals surface area contributed by atoms with Crippen molar-refractivity contribution in [2.45, 2.75) is 19.8 Å². The predicted molar refractivity (Wildman–Crippen MR) is 52.9 cm³/mol. The Morgan fingerprint density at radius 3 is 2.79 bits per heavy atom. The number of aliphatic carboxylic acids is 1. The Labute approximate surface area is 85.4 Å². The van der Waals surface area contributed by atoms with Crippen molar-refractivity contribution in [3.8, 4) is 0 Å². The lowest BCUT2D eigenvalue weighted by Gasteiger charge is -2.01. The van der Waals surface area contributed by atoms with Crippen LogP contribution in [0.4, 0.5) is 0 Å². The molecule has 74 valence electrons. The topological polar surface area (TPSA) is 54.4 Å². The number of carbonyl (C=O) groups excluding carboxylic acids is 1. The van der Waals surface area contributed by atoms with Crippen molar-refractivity contribution in [3.63, 3.8) is 0 Å². The van der Waals surface area contributed by atoms with Crippen molar-refractivity contribution in [2.75, 3.05) is 0 Å². The minimum atomic E-state index is -0.763. The summed E-state index contributed by atoms with van der Waals surface area (Å²) in [6.45, 7) is 1.53. The van der Waals surface area contributed by atoms with E-state index >= 15 is 0 Å². The smallest absolute Gasteiger partial charge is 0.307 e. The number of hydrogen-bond donors (Lipinski definition) is 1. The molecule has 0 saturated heterocycles. The van der Waals surface area contributed by atoms with Crippen molar-refractivity contribution < 1.29 is 14.7 Å². The molecule has 1 aromatic rings. The van der Waals surface area contributed by atoms with Gasteiger partial charge >= 0.3 is 5.97 Å². The van der Waals surface area contributed by atoms with Gasteiger partial charge in [-0.25, -0.2) is 0 Å². The molecule has 1 atom stereocenters. The highest BCUT2D eigenvalue weighted by molar-refractivity contribution is 7.12. The Morgan fingerprint density at radius 1 is 1.50 bits per heavy atom. The van der Waals surface area contributed by atoms with Crippen molar-refractivity contribution in [2.24, 2.45) is 5.92 Å². The number of thiophene rings is 1. The number of rotatable bonds is 2. The standard InChI is InChI=1S/C10H10O3S/c1-5(11)9-8-3-6(10(12)13)2-7(8)4-14-9/h4,6H,2-3H2,1H3,(H,12,13). The summed E-state index contributed by atoms with van der Waals surface area (Å²) >= 11 is 1.43. The largest absolute Gasteiger partial charge is 0.481 e. The molecule has 1 aliphatic rings. The molecule has 0 bridgehead atoms. The summed E-state index contributed by atoms with van der Waals surface area (Å²) in [5, 5.41) is 10.8. The molecule has 0 saturated carbocycles. The van der Waals surface area contributed by atoms with E-state index in [9.17, 15) is 9.59 Å². The van der Waals surface area contributed by atoms with Crippen LogP contribution in [0.25, 0.3) is 0 Å². The summed E-state index contributed by atoms with van der Waals surface area (Å²) in [6, 6.07) is 0. The molecule has 0 aliphatic heterocycles. The third-order valence-electron chi connectivity index (χ3n) is 2.57. The van der Waals surface area contributed by atoms with Crippen LogP contribution >= 0.6 is 11.3 Å². The zero-order valence-electron chi connectivity index (χ0n) is 7.74. The van der Waals surface area contributed by atoms with Crippen LogP contribution in [0.3, 0.4) is 0 Å². The van der Waals surface area contributed by atoms with Gasteiger partial charge in [-0.3, -0.25) is 9.59 Å². The van der Waals surface area contributed by atoms with E-state index in [1.165, 1.54) is 18.3 Å². The van der Waals surface area contributed by atoms with Gasteiger partial charge in [0.1, 0.15) is 0 Å². The van der Waals surface area contributed by atoms with Gasteiger partial charge in [0.25, 0.3) is 0 Å². The van der Waals surface area contributed by atoms with Gasteiger partial charge in [-0.2, -0.15) is 0 Å². The first-order valence-electron chi connectivity index (χ1n) is 4.42. The normalized spacial score (nSPS) is 19.4. The second-order valence-corrected chi connectivity index (χ2v) is 4.45. The van der Waals surface area contributed by atoms with Gasteiger partial charge in [0.15, 0.2) is 5.78 Å². The summed E-state index contributed by atoms with van der Waals surface area (Å²) in [5.41, 5.74) is 2.02. The number of ketones is 1. The van der Waals surface area contributed by atoms with Gasteiger partial charge in [-0.05, 0) is 36.3 Å². The third kappa shape index (κ3) is 1.35. The molecule has 0 spiro atoms. The summed E-state index contributed by atoms with van der Waals surface area (Å²) in [5.74, 6) is -1.05. The number of carboxylic acid groups (broad SMARTS) is 1. The molecule has 0 aromatic carbocycles. The van der Waals surface area contributed by atoms with E-state index in [4.69, 9.17) is 5.11 Å². The summed E-state index contributed by atoms with van der Waals surface area (Å²) < 4.78 is 0. The monoisotopic (exact) mass is 210 g/mol. The third-order valence-corrected chi connectivity index (χ3v) is 3.74. The average Bonchev–Trinajstić information content (AvgIpc) is 2.58. The molecular formula is C10H10O3S. The van der Waals surface area contributed by atoms with Gasteiger partial charge in [-0.15, -0.1) is 11.3 Å². The SMILES string of the molecule is CC(=O)c1scc2c1CC(C(=O)O)C2. The number of carboxylic acids is 1. The Kier molecular flexibility index (Phi) is 2.15. The van der Waals surface area contributed by atoms with Crippen LogP contribution in [0.5, 0.6) is 0 Å². The number of hydrogen-bond acceptors (Lipinski definition) is 3. The van der Waals surface area contributed by atoms with Crippen molar-refractivity contribution >= 4 is 23.1 Å². The second-order valence-electron chi connectivity index (χ2n) is 3.57. The molecule has 1 N–H and O–H groups in total. The molecule has 1 aliphatic carbocycles. The van der Waals surface area contributed by atoms with Crippen molar-refractivity contribution in [1.29, 1.82) is 0 Å².